The van der Waals surface area contributed by atoms with Crippen molar-refractivity contribution in [1.29, 1.82) is 0 Å². The van der Waals surface area contributed by atoms with Crippen molar-refractivity contribution in [2.45, 2.75) is 19.3 Å². The molecule has 8 nitrogen and oxygen atoms in total. The highest BCUT2D eigenvalue weighted by Crippen LogP contribution is 2.26. The molecular formula is C22H20N4O4. The third-order valence-electron chi connectivity index (χ3n) is 5.23. The fourth-order valence-electron chi connectivity index (χ4n) is 3.59. The Morgan fingerprint density at radius 3 is 2.87 bits per heavy atom. The molecule has 8 heteroatoms. The highest BCUT2D eigenvalue weighted by atomic mass is 16.6. The van der Waals surface area contributed by atoms with E-state index >= 15 is 0 Å². The van der Waals surface area contributed by atoms with E-state index in [4.69, 9.17) is 0 Å². The summed E-state index contributed by atoms with van der Waals surface area (Å²) in [7, 11) is 0. The van der Waals surface area contributed by atoms with Gasteiger partial charge in [-0.3, -0.25) is 19.7 Å². The van der Waals surface area contributed by atoms with Crippen molar-refractivity contribution in [3.63, 3.8) is 0 Å². The molecule has 0 saturated heterocycles. The molecule has 2 aliphatic heterocycles. The lowest BCUT2D eigenvalue weighted by Gasteiger charge is -2.25. The van der Waals surface area contributed by atoms with E-state index in [2.05, 4.69) is 10.3 Å². The maximum Gasteiger partial charge on any atom is 0.270 e. The third-order valence-corrected chi connectivity index (χ3v) is 5.23. The van der Waals surface area contributed by atoms with Crippen LogP contribution in [0.5, 0.6) is 0 Å². The molecule has 2 aliphatic rings. The van der Waals surface area contributed by atoms with Crippen molar-refractivity contribution >= 4 is 35.0 Å². The van der Waals surface area contributed by atoms with Crippen LogP contribution < -0.4 is 5.32 Å². The van der Waals surface area contributed by atoms with Gasteiger partial charge in [0.05, 0.1) is 4.92 Å². The van der Waals surface area contributed by atoms with Crippen LogP contribution in [0, 0.1) is 10.1 Å². The smallest absolute Gasteiger partial charge is 0.270 e. The number of pyridine rings is 1. The number of fused-ring (bicyclic) bond motifs is 1. The van der Waals surface area contributed by atoms with E-state index in [-0.39, 0.29) is 17.5 Å². The minimum absolute atomic E-state index is 0.0314. The van der Waals surface area contributed by atoms with Crippen molar-refractivity contribution in [2.75, 3.05) is 18.4 Å². The van der Waals surface area contributed by atoms with Crippen LogP contribution in [0.15, 0.2) is 48.7 Å². The molecule has 2 aromatic rings. The average molecular weight is 404 g/mol. The van der Waals surface area contributed by atoms with Gasteiger partial charge in [0, 0.05) is 43.9 Å². The molecule has 4 rings (SSSR count). The molecule has 1 aromatic heterocycles. The second-order valence-corrected chi connectivity index (χ2v) is 7.23. The predicted molar refractivity (Wildman–Crippen MR) is 112 cm³/mol. The number of anilines is 1. The Kier molecular flexibility index (Phi) is 5.38. The number of hydrogen-bond acceptors (Lipinski definition) is 5. The minimum Gasteiger partial charge on any atom is -0.335 e. The molecule has 152 valence electrons. The first-order chi connectivity index (χ1) is 14.5. The molecule has 3 heterocycles. The van der Waals surface area contributed by atoms with Crippen molar-refractivity contribution in [3.8, 4) is 0 Å². The Labute approximate surface area is 173 Å². The number of nitrogens with zero attached hydrogens (tertiary/aromatic N) is 3. The van der Waals surface area contributed by atoms with Gasteiger partial charge in [-0.15, -0.1) is 0 Å². The number of nitro groups is 1. The Morgan fingerprint density at radius 2 is 2.10 bits per heavy atom. The number of hydrogen-bond donors (Lipinski definition) is 1. The van der Waals surface area contributed by atoms with Crippen LogP contribution in [-0.4, -0.2) is 39.7 Å². The molecule has 0 atom stereocenters. The molecule has 30 heavy (non-hydrogen) atoms. The van der Waals surface area contributed by atoms with Gasteiger partial charge in [0.15, 0.2) is 0 Å². The van der Waals surface area contributed by atoms with Gasteiger partial charge < -0.3 is 10.2 Å². The first kappa shape index (κ1) is 19.5. The molecule has 0 unspecified atom stereocenters. The molecule has 2 amide bonds. The fraction of sp³-hybridized carbons (Fsp3) is 0.227. The van der Waals surface area contributed by atoms with Crippen LogP contribution >= 0.6 is 0 Å². The van der Waals surface area contributed by atoms with E-state index in [1.807, 2.05) is 18.2 Å². The van der Waals surface area contributed by atoms with Crippen LogP contribution in [0.25, 0.3) is 11.6 Å². The third kappa shape index (κ3) is 4.27. The second-order valence-electron chi connectivity index (χ2n) is 7.23. The number of aromatic nitrogens is 1. The first-order valence-electron chi connectivity index (χ1n) is 9.69. The van der Waals surface area contributed by atoms with Crippen molar-refractivity contribution < 1.29 is 14.5 Å². The molecule has 0 spiro atoms. The summed E-state index contributed by atoms with van der Waals surface area (Å²) < 4.78 is 0. The highest BCUT2D eigenvalue weighted by molar-refractivity contribution is 5.94. The summed E-state index contributed by atoms with van der Waals surface area (Å²) in [4.78, 5) is 40.5. The molecule has 0 fully saturated rings. The average Bonchev–Trinajstić information content (AvgIpc) is 2.77. The predicted octanol–water partition coefficient (Wildman–Crippen LogP) is 3.20. The Hall–Kier alpha value is -3.81. The van der Waals surface area contributed by atoms with Crippen LogP contribution in [0.3, 0.4) is 0 Å². The molecule has 0 bridgehead atoms. The molecular weight excluding hydrogens is 384 g/mol. The number of nitrogens with one attached hydrogen (secondary N) is 1. The summed E-state index contributed by atoms with van der Waals surface area (Å²) in [6.07, 6.45) is 8.54. The number of carbonyl (C=O) groups excluding carboxylic acids is 2. The van der Waals surface area contributed by atoms with Gasteiger partial charge in [-0.25, -0.2) is 4.98 Å². The Balaban J connectivity index is 1.40. The van der Waals surface area contributed by atoms with Crippen molar-refractivity contribution in [3.05, 3.63) is 75.5 Å². The highest BCUT2D eigenvalue weighted by Gasteiger charge is 2.18. The standard InChI is InChI=1S/C22H20N4O4/c27-20-6-5-18-12-15(14-23-22(18)24-20)4-7-21(28)25-10-8-16(9-11-25)17-2-1-3-19(13-17)26(29)30/h1-4,7-8,12-14H,5-6,9-11H2,(H,23,24,27)/b7-4+. The van der Waals surface area contributed by atoms with Crippen molar-refractivity contribution in [1.82, 2.24) is 9.88 Å². The zero-order valence-corrected chi connectivity index (χ0v) is 16.2. The van der Waals surface area contributed by atoms with Gasteiger partial charge in [-0.05, 0) is 47.2 Å². The number of rotatable bonds is 4. The molecule has 1 N–H and O–H groups in total. The molecule has 0 saturated carbocycles. The van der Waals surface area contributed by atoms with Crippen LogP contribution in [0.1, 0.15) is 29.5 Å². The van der Waals surface area contributed by atoms with E-state index in [1.165, 1.54) is 12.1 Å². The number of carbonyl (C=O) groups is 2. The number of amides is 2. The summed E-state index contributed by atoms with van der Waals surface area (Å²) in [5.74, 6) is 0.455. The fourth-order valence-corrected chi connectivity index (χ4v) is 3.59. The van der Waals surface area contributed by atoms with E-state index in [1.54, 1.807) is 29.3 Å². The van der Waals surface area contributed by atoms with Gasteiger partial charge in [0.1, 0.15) is 5.82 Å². The van der Waals surface area contributed by atoms with E-state index in [9.17, 15) is 19.7 Å². The molecule has 0 aliphatic carbocycles. The lowest BCUT2D eigenvalue weighted by Crippen LogP contribution is -2.33. The topological polar surface area (TPSA) is 105 Å². The SMILES string of the molecule is O=C1CCc2cc(/C=C/C(=O)N3CC=C(c4cccc([N+](=O)[O-])c4)CC3)cnc2N1. The zero-order valence-electron chi connectivity index (χ0n) is 16.2. The Bertz CT molecular complexity index is 1090. The van der Waals surface area contributed by atoms with Crippen LogP contribution in [0.4, 0.5) is 11.5 Å². The lowest BCUT2D eigenvalue weighted by molar-refractivity contribution is -0.384. The molecule has 0 radical (unpaired) electrons. The zero-order chi connectivity index (χ0) is 21.1. The van der Waals surface area contributed by atoms with Gasteiger partial charge in [-0.1, -0.05) is 18.2 Å². The number of aryl methyl sites for hydroxylation is 1. The monoisotopic (exact) mass is 404 g/mol. The van der Waals surface area contributed by atoms with E-state index < -0.39 is 4.92 Å². The maximum atomic E-state index is 12.5. The minimum atomic E-state index is -0.406. The van der Waals surface area contributed by atoms with Gasteiger partial charge in [-0.2, -0.15) is 0 Å². The Morgan fingerprint density at radius 1 is 1.23 bits per heavy atom. The van der Waals surface area contributed by atoms with E-state index in [0.29, 0.717) is 38.2 Å². The summed E-state index contributed by atoms with van der Waals surface area (Å²) in [6, 6.07) is 8.49. The maximum absolute atomic E-state index is 12.5. The lowest BCUT2D eigenvalue weighted by atomic mass is 9.99. The summed E-state index contributed by atoms with van der Waals surface area (Å²) >= 11 is 0. The first-order valence-corrected chi connectivity index (χ1v) is 9.69. The number of non-ortho nitro benzene ring substituents is 1. The van der Waals surface area contributed by atoms with Gasteiger partial charge >= 0.3 is 0 Å². The van der Waals surface area contributed by atoms with Gasteiger partial charge in [0.2, 0.25) is 11.8 Å². The number of nitro benzene ring substituents is 1. The van der Waals surface area contributed by atoms with Crippen LogP contribution in [0.2, 0.25) is 0 Å². The largest absolute Gasteiger partial charge is 0.335 e. The quantitative estimate of drug-likeness (QED) is 0.479. The number of benzene rings is 1. The summed E-state index contributed by atoms with van der Waals surface area (Å²) in [5.41, 5.74) is 3.66. The summed E-state index contributed by atoms with van der Waals surface area (Å²) in [6.45, 7) is 1.00. The summed E-state index contributed by atoms with van der Waals surface area (Å²) in [5, 5.41) is 13.7. The van der Waals surface area contributed by atoms with E-state index in [0.717, 1.165) is 22.3 Å². The van der Waals surface area contributed by atoms with Crippen molar-refractivity contribution in [2.24, 2.45) is 0 Å². The van der Waals surface area contributed by atoms with Crippen LogP contribution in [-0.2, 0) is 16.0 Å². The van der Waals surface area contributed by atoms with Gasteiger partial charge in [0.25, 0.3) is 5.69 Å². The normalized spacial score (nSPS) is 16.1. The molecule has 1 aromatic carbocycles. The second kappa shape index (κ2) is 8.28.